The lowest BCUT2D eigenvalue weighted by Gasteiger charge is -2.23. The summed E-state index contributed by atoms with van der Waals surface area (Å²) in [6.45, 7) is 4.69. The van der Waals surface area contributed by atoms with Gasteiger partial charge in [-0.25, -0.2) is 0 Å². The first-order valence-corrected chi connectivity index (χ1v) is 11.4. The number of Topliss-reactive ketones (excluding diaryl/α,β-unsaturated/α-hetero) is 1. The molecule has 0 bridgehead atoms. The first kappa shape index (κ1) is 25.1. The molecule has 3 N–H and O–H groups in total. The molecule has 1 heterocycles. The summed E-state index contributed by atoms with van der Waals surface area (Å²) in [6, 6.07) is 16.1. The van der Waals surface area contributed by atoms with Crippen molar-refractivity contribution in [1.82, 2.24) is 16.0 Å². The summed E-state index contributed by atoms with van der Waals surface area (Å²) < 4.78 is 5.32. The van der Waals surface area contributed by atoms with Gasteiger partial charge in [0.05, 0.1) is 12.1 Å². The Hall–Kier alpha value is -3.52. The summed E-state index contributed by atoms with van der Waals surface area (Å²) in [5, 5.41) is 8.07. The molecular formula is C26H31N3O5. The van der Waals surface area contributed by atoms with E-state index in [1.54, 1.807) is 6.92 Å². The van der Waals surface area contributed by atoms with Gasteiger partial charge in [-0.15, -0.1) is 0 Å². The summed E-state index contributed by atoms with van der Waals surface area (Å²) in [6.07, 6.45) is -0.0986. The zero-order valence-electron chi connectivity index (χ0n) is 19.6. The minimum Gasteiger partial charge on any atom is -0.361 e. The van der Waals surface area contributed by atoms with Gasteiger partial charge in [-0.2, -0.15) is 0 Å². The maximum absolute atomic E-state index is 12.9. The van der Waals surface area contributed by atoms with Crippen LogP contribution in [0.5, 0.6) is 0 Å². The fraction of sp³-hybridized carbons (Fsp3) is 0.385. The third-order valence-electron chi connectivity index (χ3n) is 5.66. The highest BCUT2D eigenvalue weighted by Crippen LogP contribution is 2.24. The topological polar surface area (TPSA) is 117 Å². The van der Waals surface area contributed by atoms with Crippen molar-refractivity contribution in [2.24, 2.45) is 0 Å². The lowest BCUT2D eigenvalue weighted by Crippen LogP contribution is -2.55. The Kier molecular flexibility index (Phi) is 8.54. The first-order chi connectivity index (χ1) is 16.2. The molecule has 2 unspecified atom stereocenters. The van der Waals surface area contributed by atoms with Crippen LogP contribution in [0.3, 0.4) is 0 Å². The number of epoxide rings is 1. The Morgan fingerprint density at radius 2 is 1.29 bits per heavy atom. The number of nitrogens with one attached hydrogen (secondary N) is 3. The fourth-order valence-corrected chi connectivity index (χ4v) is 3.74. The molecule has 0 aromatic heterocycles. The van der Waals surface area contributed by atoms with Crippen molar-refractivity contribution in [2.45, 2.75) is 63.9 Å². The number of amides is 3. The summed E-state index contributed by atoms with van der Waals surface area (Å²) in [7, 11) is 0. The van der Waals surface area contributed by atoms with E-state index in [-0.39, 0.29) is 24.2 Å². The number of hydrogen-bond donors (Lipinski definition) is 3. The van der Waals surface area contributed by atoms with E-state index in [9.17, 15) is 19.2 Å². The smallest absolute Gasteiger partial charge is 0.243 e. The predicted octanol–water partition coefficient (Wildman–Crippen LogP) is 1.32. The number of benzene rings is 2. The molecule has 5 atom stereocenters. The van der Waals surface area contributed by atoms with Crippen LogP contribution in [0.4, 0.5) is 0 Å². The molecule has 0 radical (unpaired) electrons. The van der Waals surface area contributed by atoms with Crippen LogP contribution in [0, 0.1) is 0 Å². The maximum atomic E-state index is 12.9. The third-order valence-corrected chi connectivity index (χ3v) is 5.66. The zero-order valence-corrected chi connectivity index (χ0v) is 19.6. The number of ether oxygens (including phenoxy) is 1. The molecule has 3 rings (SSSR count). The van der Waals surface area contributed by atoms with Gasteiger partial charge in [0.15, 0.2) is 5.78 Å². The minimum atomic E-state index is -0.914. The van der Waals surface area contributed by atoms with E-state index in [0.29, 0.717) is 6.42 Å². The van der Waals surface area contributed by atoms with Crippen LogP contribution >= 0.6 is 0 Å². The average molecular weight is 466 g/mol. The number of ketones is 1. The molecule has 0 spiro atoms. The lowest BCUT2D eigenvalue weighted by molar-refractivity contribution is -0.133. The van der Waals surface area contributed by atoms with Gasteiger partial charge in [0.25, 0.3) is 0 Å². The highest BCUT2D eigenvalue weighted by Gasteiger charge is 2.44. The van der Waals surface area contributed by atoms with Crippen LogP contribution in [0.1, 0.15) is 31.9 Å². The average Bonchev–Trinajstić information content (AvgIpc) is 3.55. The summed E-state index contributed by atoms with van der Waals surface area (Å²) in [5.41, 5.74) is 1.78. The molecule has 34 heavy (non-hydrogen) atoms. The van der Waals surface area contributed by atoms with E-state index >= 15 is 0 Å². The quantitative estimate of drug-likeness (QED) is 0.433. The first-order valence-electron chi connectivity index (χ1n) is 11.4. The van der Waals surface area contributed by atoms with E-state index in [0.717, 1.165) is 11.1 Å². The molecule has 8 nitrogen and oxygen atoms in total. The normalized spacial score (nSPS) is 19.3. The summed E-state index contributed by atoms with van der Waals surface area (Å²) in [4.78, 5) is 50.3. The second-order valence-corrected chi connectivity index (χ2v) is 8.59. The van der Waals surface area contributed by atoms with Crippen LogP contribution in [-0.4, -0.2) is 53.8 Å². The second kappa shape index (κ2) is 11.6. The van der Waals surface area contributed by atoms with Crippen molar-refractivity contribution < 1.29 is 23.9 Å². The minimum absolute atomic E-state index is 0.170. The monoisotopic (exact) mass is 465 g/mol. The van der Waals surface area contributed by atoms with Gasteiger partial charge in [-0.3, -0.25) is 19.2 Å². The Morgan fingerprint density at radius 1 is 0.794 bits per heavy atom. The number of hydrogen-bond acceptors (Lipinski definition) is 5. The Labute approximate surface area is 199 Å². The SMILES string of the molecule is CC(=O)N[C@@H](Cc1ccccc1)C(=O)N[C@@H](C)C(=O)N[C@@H](Cc1ccccc1)C(=O)C1OC1C. The molecule has 2 aromatic rings. The Bertz CT molecular complexity index is 1010. The van der Waals surface area contributed by atoms with E-state index in [2.05, 4.69) is 16.0 Å². The number of rotatable bonds is 11. The molecule has 1 fully saturated rings. The maximum Gasteiger partial charge on any atom is 0.243 e. The van der Waals surface area contributed by atoms with E-state index in [4.69, 9.17) is 4.74 Å². The molecule has 1 saturated heterocycles. The predicted molar refractivity (Wildman–Crippen MR) is 127 cm³/mol. The van der Waals surface area contributed by atoms with Gasteiger partial charge in [0, 0.05) is 13.3 Å². The molecule has 8 heteroatoms. The van der Waals surface area contributed by atoms with Gasteiger partial charge in [0.2, 0.25) is 17.7 Å². The molecule has 180 valence electrons. The van der Waals surface area contributed by atoms with Crippen molar-refractivity contribution in [2.75, 3.05) is 0 Å². The van der Waals surface area contributed by atoms with Crippen molar-refractivity contribution in [3.05, 3.63) is 71.8 Å². The van der Waals surface area contributed by atoms with Crippen LogP contribution in [-0.2, 0) is 36.8 Å². The van der Waals surface area contributed by atoms with E-state index in [1.165, 1.54) is 6.92 Å². The largest absolute Gasteiger partial charge is 0.361 e. The standard InChI is InChI=1S/C26H31N3O5/c1-16(27-26(33)22(28-18(3)30)15-20-12-8-5-9-13-20)25(32)29-21(23(31)24-17(2)34-24)14-19-10-6-4-7-11-19/h4-13,16-17,21-22,24H,14-15H2,1-3H3,(H,27,33)(H,28,30)(H,29,32)/t16-,17?,21-,22-,24?/m0/s1. The summed E-state index contributed by atoms with van der Waals surface area (Å²) >= 11 is 0. The van der Waals surface area contributed by atoms with Gasteiger partial charge >= 0.3 is 0 Å². The zero-order chi connectivity index (χ0) is 24.7. The Balaban J connectivity index is 1.64. The molecule has 2 aromatic carbocycles. The van der Waals surface area contributed by atoms with Gasteiger partial charge < -0.3 is 20.7 Å². The molecule has 1 aliphatic heterocycles. The highest BCUT2D eigenvalue weighted by atomic mass is 16.6. The van der Waals surface area contributed by atoms with Crippen LogP contribution in [0.25, 0.3) is 0 Å². The van der Waals surface area contributed by atoms with Crippen LogP contribution < -0.4 is 16.0 Å². The van der Waals surface area contributed by atoms with Crippen molar-refractivity contribution >= 4 is 23.5 Å². The molecular weight excluding hydrogens is 434 g/mol. The van der Waals surface area contributed by atoms with Gasteiger partial charge in [-0.1, -0.05) is 60.7 Å². The van der Waals surface area contributed by atoms with E-state index < -0.39 is 36.0 Å². The van der Waals surface area contributed by atoms with Crippen molar-refractivity contribution in [1.29, 1.82) is 0 Å². The molecule has 0 saturated carbocycles. The molecule has 0 aliphatic carbocycles. The van der Waals surface area contributed by atoms with Crippen molar-refractivity contribution in [3.63, 3.8) is 0 Å². The van der Waals surface area contributed by atoms with Gasteiger partial charge in [-0.05, 0) is 31.4 Å². The van der Waals surface area contributed by atoms with Crippen LogP contribution in [0.2, 0.25) is 0 Å². The highest BCUT2D eigenvalue weighted by molar-refractivity contribution is 5.96. The lowest BCUT2D eigenvalue weighted by atomic mass is 9.99. The molecule has 1 aliphatic rings. The molecule has 3 amide bonds. The summed E-state index contributed by atoms with van der Waals surface area (Å²) in [5.74, 6) is -1.51. The van der Waals surface area contributed by atoms with E-state index in [1.807, 2.05) is 67.6 Å². The third kappa shape index (κ3) is 7.25. The van der Waals surface area contributed by atoms with Crippen molar-refractivity contribution in [3.8, 4) is 0 Å². The van der Waals surface area contributed by atoms with Crippen LogP contribution in [0.15, 0.2) is 60.7 Å². The fourth-order valence-electron chi connectivity index (χ4n) is 3.74. The van der Waals surface area contributed by atoms with Gasteiger partial charge in [0.1, 0.15) is 18.2 Å². The number of carbonyl (C=O) groups excluding carboxylic acids is 4. The number of carbonyl (C=O) groups is 4. The second-order valence-electron chi connectivity index (χ2n) is 8.59. The Morgan fingerprint density at radius 3 is 1.76 bits per heavy atom.